The number of Topliss-reactive ketones (excluding diaryl/α,β-unsaturated/α-hetero) is 1. The van der Waals surface area contributed by atoms with Crippen LogP contribution in [0.15, 0.2) is 61.3 Å². The molecule has 0 unspecified atom stereocenters. The van der Waals surface area contributed by atoms with E-state index in [-0.39, 0.29) is 96.5 Å². The lowest BCUT2D eigenvalue weighted by Gasteiger charge is -2.24. The Kier molecular flexibility index (Phi) is 23.2. The highest BCUT2D eigenvalue weighted by Gasteiger charge is 2.56. The lowest BCUT2D eigenvalue weighted by Crippen LogP contribution is -2.22. The Bertz CT molecular complexity index is 3570. The molecule has 0 aliphatic heterocycles. The van der Waals surface area contributed by atoms with E-state index >= 15 is 0 Å². The van der Waals surface area contributed by atoms with Crippen LogP contribution in [0.3, 0.4) is 0 Å². The van der Waals surface area contributed by atoms with Crippen LogP contribution in [0.25, 0.3) is 16.7 Å². The van der Waals surface area contributed by atoms with E-state index in [9.17, 15) is 71.9 Å². The van der Waals surface area contributed by atoms with Gasteiger partial charge in [-0.25, -0.2) is 13.2 Å². The molecule has 26 heteroatoms. The molecule has 1 amide bonds. The number of nitrogens with two attached hydrogens (primary N) is 1. The Hall–Kier alpha value is -7.80. The van der Waals surface area contributed by atoms with Crippen molar-refractivity contribution in [2.24, 2.45) is 5.73 Å². The first-order valence-electron chi connectivity index (χ1n) is 28.1. The number of alkyl halides is 9. The molecule has 2 N–H and O–H groups in total. The van der Waals surface area contributed by atoms with Crippen molar-refractivity contribution in [3.8, 4) is 11.1 Å². The first kappa shape index (κ1) is 72.9. The lowest BCUT2D eigenvalue weighted by atomic mass is 9.82. The number of halogens is 12. The molecule has 1 atom stereocenters. The van der Waals surface area contributed by atoms with Gasteiger partial charge in [-0.2, -0.15) is 54.8 Å². The molecule has 4 heterocycles. The summed E-state index contributed by atoms with van der Waals surface area (Å²) >= 11 is 0. The zero-order chi connectivity index (χ0) is 62.3. The molecule has 11 rings (SSSR count). The van der Waals surface area contributed by atoms with Gasteiger partial charge in [0.05, 0.1) is 31.0 Å². The number of carbonyl (C=O) groups excluding carboxylic acids is 4. The van der Waals surface area contributed by atoms with E-state index < -0.39 is 94.6 Å². The number of carbonyl (C=O) groups is 4. The maximum absolute atomic E-state index is 14.3. The number of esters is 2. The third-order valence-corrected chi connectivity index (χ3v) is 16.3. The Labute approximate surface area is 514 Å². The minimum atomic E-state index is -4.67. The van der Waals surface area contributed by atoms with E-state index in [0.29, 0.717) is 109 Å². The standard InChI is InChI=1S/C33H28F6N4O2.C14H17F3N2O2.C13H15F3N2O2.4CH4/c34-21-12-18(13-22(35)16-21)11-20(29-24(3-2-10-41-29)19-5-6-26(36)25(15-19)31(40)45)14-23(44)17-43-27-4-1-7-32(8-9-32)28(27)30(42-43)33(37,38)39;1-2-21-10(20)8-19-9-4-3-5-13(6-7-13)11(9)12(18-19)14(15,16)17;1-3-20-10(19)7-18-9-6-4-5-8(2)11(9)12(17-18)13(14,15)16;;;;/h2-3,5-6,10,12-13,15-16,20H,1,4,7-9,11,14,17H2,(H2,40,45);2-8H2,1H3;2-7H2,1H3;4*1H4/t20-;;;;;;/m1....../s1. The second-order valence-corrected chi connectivity index (χ2v) is 22.2. The summed E-state index contributed by atoms with van der Waals surface area (Å²) in [6.45, 7) is 6.40. The number of rotatable bonds is 15. The lowest BCUT2D eigenvalue weighted by molar-refractivity contribution is -0.146. The number of fused-ring (bicyclic) bond motifs is 5. The maximum atomic E-state index is 14.3. The van der Waals surface area contributed by atoms with Crippen molar-refractivity contribution in [2.45, 2.75) is 195 Å². The highest BCUT2D eigenvalue weighted by molar-refractivity contribution is 5.94. The summed E-state index contributed by atoms with van der Waals surface area (Å²) in [5.74, 6) is -5.87. The van der Waals surface area contributed by atoms with Gasteiger partial charge in [0, 0.05) is 63.9 Å². The van der Waals surface area contributed by atoms with Crippen LogP contribution in [-0.2, 0) is 98.5 Å². The number of hydrogen-bond acceptors (Lipinski definition) is 10. The molecule has 5 aliphatic carbocycles. The monoisotopic (exact) mass is 1280 g/mol. The van der Waals surface area contributed by atoms with Crippen LogP contribution in [0.5, 0.6) is 0 Å². The van der Waals surface area contributed by atoms with Gasteiger partial charge in [-0.3, -0.25) is 38.2 Å². The van der Waals surface area contributed by atoms with Gasteiger partial charge < -0.3 is 15.2 Å². The van der Waals surface area contributed by atoms with E-state index in [0.717, 1.165) is 53.2 Å². The number of primary amides is 1. The minimum absolute atomic E-state index is 0. The number of allylic oxidation sites excluding steroid dienone is 1. The van der Waals surface area contributed by atoms with E-state index in [1.807, 2.05) is 0 Å². The van der Waals surface area contributed by atoms with Crippen LogP contribution >= 0.6 is 0 Å². The van der Waals surface area contributed by atoms with Crippen LogP contribution in [-0.4, -0.2) is 71.2 Å². The summed E-state index contributed by atoms with van der Waals surface area (Å²) in [5.41, 5.74) is 5.14. The molecule has 4 aromatic heterocycles. The predicted octanol–water partition coefficient (Wildman–Crippen LogP) is 15.0. The molecular formula is C64H76F12N8O6. The molecule has 2 saturated carbocycles. The van der Waals surface area contributed by atoms with E-state index in [2.05, 4.69) is 26.9 Å². The quantitative estimate of drug-likeness (QED) is 0.0768. The molecule has 6 aromatic rings. The second-order valence-electron chi connectivity index (χ2n) is 22.2. The Morgan fingerprint density at radius 2 is 1.10 bits per heavy atom. The van der Waals surface area contributed by atoms with E-state index in [4.69, 9.17) is 15.2 Å². The summed E-state index contributed by atoms with van der Waals surface area (Å²) in [6, 6.07) is 9.92. The molecule has 90 heavy (non-hydrogen) atoms. The third kappa shape index (κ3) is 15.8. The number of pyridine rings is 1. The van der Waals surface area contributed by atoms with Crippen molar-refractivity contribution in [3.05, 3.63) is 146 Å². The molecule has 0 saturated heterocycles. The molecule has 14 nitrogen and oxygen atoms in total. The summed E-state index contributed by atoms with van der Waals surface area (Å²) in [7, 11) is 0. The highest BCUT2D eigenvalue weighted by atomic mass is 19.4. The Morgan fingerprint density at radius 1 is 0.622 bits per heavy atom. The number of nitrogens with zero attached hydrogens (tertiary/aromatic N) is 7. The molecule has 2 spiro atoms. The van der Waals surface area contributed by atoms with Crippen molar-refractivity contribution in [2.75, 3.05) is 13.2 Å². The van der Waals surface area contributed by atoms with Crippen molar-refractivity contribution in [1.29, 1.82) is 0 Å². The minimum Gasteiger partial charge on any atom is -0.465 e. The topological polar surface area (TPSA) is 179 Å². The zero-order valence-electron chi connectivity index (χ0n) is 46.8. The third-order valence-electron chi connectivity index (χ3n) is 16.3. The van der Waals surface area contributed by atoms with Crippen LogP contribution in [0.1, 0.15) is 193 Å². The fourth-order valence-corrected chi connectivity index (χ4v) is 12.4. The van der Waals surface area contributed by atoms with Crippen molar-refractivity contribution < 1.29 is 81.3 Å². The van der Waals surface area contributed by atoms with Gasteiger partial charge in [-0.05, 0) is 162 Å². The molecule has 492 valence electrons. The molecule has 0 bridgehead atoms. The summed E-state index contributed by atoms with van der Waals surface area (Å²) in [6.07, 6.45) is -4.11. The number of amides is 1. The molecule has 2 fully saturated rings. The average molecular weight is 1280 g/mol. The van der Waals surface area contributed by atoms with Gasteiger partial charge in [-0.15, -0.1) is 0 Å². The molecule has 0 radical (unpaired) electrons. The smallest absolute Gasteiger partial charge is 0.435 e. The van der Waals surface area contributed by atoms with Gasteiger partial charge in [-0.1, -0.05) is 48.4 Å². The van der Waals surface area contributed by atoms with Gasteiger partial charge in [0.2, 0.25) is 0 Å². The SMILES string of the molecule is C.C.C.C.C=C1CCCc2c1c(C(F)(F)F)nn2CC(=O)OCC.CCOC(=O)Cn1nc(C(F)(F)F)c2c1CCCC21CC1.NC(=O)c1cc(-c2cccnc2[C@@H](CC(=O)Cn2nc(C(F)(F)F)c3c2CCCC32CC2)Cc2cc(F)cc(F)c2)ccc1F. The van der Waals surface area contributed by atoms with Gasteiger partial charge in [0.15, 0.2) is 22.9 Å². The number of ether oxygens (including phenoxy) is 2. The fraction of sp³-hybridized carbons (Fsp3) is 0.500. The summed E-state index contributed by atoms with van der Waals surface area (Å²) < 4.78 is 177. The van der Waals surface area contributed by atoms with E-state index in [1.54, 1.807) is 26.0 Å². The van der Waals surface area contributed by atoms with Crippen molar-refractivity contribution in [1.82, 2.24) is 34.3 Å². The summed E-state index contributed by atoms with van der Waals surface area (Å²) in [4.78, 5) is 53.0. The largest absolute Gasteiger partial charge is 0.465 e. The second kappa shape index (κ2) is 28.6. The van der Waals surface area contributed by atoms with Gasteiger partial charge in [0.1, 0.15) is 30.5 Å². The van der Waals surface area contributed by atoms with Crippen LogP contribution in [0, 0.1) is 17.5 Å². The highest BCUT2D eigenvalue weighted by Crippen LogP contribution is 2.59. The first-order chi connectivity index (χ1) is 40.6. The molecule has 2 aromatic carbocycles. The van der Waals surface area contributed by atoms with Crippen LogP contribution < -0.4 is 5.73 Å². The van der Waals surface area contributed by atoms with Crippen molar-refractivity contribution in [3.63, 3.8) is 0 Å². The Balaban J connectivity index is 0.000000273. The maximum Gasteiger partial charge on any atom is 0.435 e. The molecular weight excluding hydrogens is 1200 g/mol. The fourth-order valence-electron chi connectivity index (χ4n) is 12.4. The predicted molar refractivity (Wildman–Crippen MR) is 312 cm³/mol. The number of aromatic nitrogens is 7. The van der Waals surface area contributed by atoms with E-state index in [1.165, 1.54) is 23.0 Å². The normalized spacial score (nSPS) is 15.9. The zero-order valence-corrected chi connectivity index (χ0v) is 46.8. The van der Waals surface area contributed by atoms with Gasteiger partial charge >= 0.3 is 30.5 Å². The van der Waals surface area contributed by atoms with Crippen molar-refractivity contribution >= 4 is 29.2 Å². The Morgan fingerprint density at radius 3 is 1.58 bits per heavy atom. The van der Waals surface area contributed by atoms with Crippen LogP contribution in [0.2, 0.25) is 0 Å². The number of benzene rings is 2. The first-order valence-corrected chi connectivity index (χ1v) is 28.1. The number of hydrogen-bond donors (Lipinski definition) is 1. The summed E-state index contributed by atoms with van der Waals surface area (Å²) in [5, 5.41) is 11.2. The average Bonchev–Trinajstić information content (AvgIpc) is 1.59. The van der Waals surface area contributed by atoms with Gasteiger partial charge in [0.25, 0.3) is 5.91 Å². The van der Waals surface area contributed by atoms with Crippen LogP contribution in [0.4, 0.5) is 52.7 Å². The number of ketones is 1. The molecule has 5 aliphatic rings.